The third-order valence-electron chi connectivity index (χ3n) is 4.18. The zero-order valence-corrected chi connectivity index (χ0v) is 13.9. The Bertz CT molecular complexity index is 723. The maximum absolute atomic E-state index is 5.68. The molecule has 3 nitrogen and oxygen atoms in total. The highest BCUT2D eigenvalue weighted by atomic mass is 16.5. The van der Waals surface area contributed by atoms with E-state index in [9.17, 15) is 0 Å². The van der Waals surface area contributed by atoms with E-state index in [0.717, 1.165) is 36.6 Å². The first-order chi connectivity index (χ1) is 11.9. The summed E-state index contributed by atoms with van der Waals surface area (Å²) in [6, 6.07) is 22.6. The van der Waals surface area contributed by atoms with Gasteiger partial charge in [0.15, 0.2) is 0 Å². The molecule has 24 heavy (non-hydrogen) atoms. The fraction of sp³-hybridized carbons (Fsp3) is 0.238. The second kappa shape index (κ2) is 8.37. The average Bonchev–Trinajstić information content (AvgIpc) is 3.17. The molecule has 124 valence electrons. The van der Waals surface area contributed by atoms with Gasteiger partial charge in [-0.2, -0.15) is 0 Å². The smallest absolute Gasteiger partial charge is 0.122 e. The topological polar surface area (TPSA) is 34.4 Å². The molecule has 1 aromatic heterocycles. The van der Waals surface area contributed by atoms with E-state index in [4.69, 9.17) is 9.15 Å². The normalized spacial score (nSPS) is 12.0. The van der Waals surface area contributed by atoms with Gasteiger partial charge in [-0.1, -0.05) is 48.5 Å². The number of benzene rings is 2. The lowest BCUT2D eigenvalue weighted by molar-refractivity contribution is 0.398. The minimum absolute atomic E-state index is 0.180. The molecule has 1 N–H and O–H groups in total. The van der Waals surface area contributed by atoms with E-state index in [2.05, 4.69) is 35.6 Å². The van der Waals surface area contributed by atoms with E-state index in [1.165, 1.54) is 5.56 Å². The Morgan fingerprint density at radius 2 is 1.75 bits per heavy atom. The van der Waals surface area contributed by atoms with Gasteiger partial charge in [0.1, 0.15) is 11.5 Å². The van der Waals surface area contributed by atoms with Gasteiger partial charge in [0.05, 0.1) is 13.4 Å². The summed E-state index contributed by atoms with van der Waals surface area (Å²) in [6.07, 6.45) is 2.68. The van der Waals surface area contributed by atoms with E-state index in [-0.39, 0.29) is 5.92 Å². The van der Waals surface area contributed by atoms with Crippen molar-refractivity contribution in [1.82, 2.24) is 5.32 Å². The number of ether oxygens (including phenoxy) is 1. The van der Waals surface area contributed by atoms with Crippen LogP contribution >= 0.6 is 0 Å². The molecule has 0 amide bonds. The van der Waals surface area contributed by atoms with Crippen LogP contribution < -0.4 is 10.1 Å². The number of nitrogens with one attached hydrogen (secondary N) is 1. The molecule has 3 heteroatoms. The maximum Gasteiger partial charge on any atom is 0.122 e. The third-order valence-corrected chi connectivity index (χ3v) is 4.18. The molecule has 2 aromatic carbocycles. The molecule has 0 saturated carbocycles. The van der Waals surface area contributed by atoms with Crippen molar-refractivity contribution in [2.75, 3.05) is 13.7 Å². The van der Waals surface area contributed by atoms with Crippen molar-refractivity contribution >= 4 is 0 Å². The molecule has 0 saturated heterocycles. The van der Waals surface area contributed by atoms with Crippen LogP contribution in [-0.4, -0.2) is 13.7 Å². The summed E-state index contributed by atoms with van der Waals surface area (Å²) in [5, 5.41) is 3.52. The monoisotopic (exact) mass is 321 g/mol. The van der Waals surface area contributed by atoms with Gasteiger partial charge in [-0.3, -0.25) is 0 Å². The Kier molecular flexibility index (Phi) is 5.70. The SMILES string of the molecule is COc1ccccc1C(CCNCc1ccccc1)c1ccco1. The highest BCUT2D eigenvalue weighted by molar-refractivity contribution is 5.39. The molecule has 1 heterocycles. The lowest BCUT2D eigenvalue weighted by Crippen LogP contribution is -2.18. The lowest BCUT2D eigenvalue weighted by Gasteiger charge is -2.18. The molecule has 0 radical (unpaired) electrons. The van der Waals surface area contributed by atoms with E-state index < -0.39 is 0 Å². The highest BCUT2D eigenvalue weighted by Gasteiger charge is 2.20. The molecule has 0 aliphatic heterocycles. The van der Waals surface area contributed by atoms with Gasteiger partial charge < -0.3 is 14.5 Å². The molecular weight excluding hydrogens is 298 g/mol. The first-order valence-corrected chi connectivity index (χ1v) is 8.29. The minimum atomic E-state index is 0.180. The Morgan fingerprint density at radius 3 is 2.50 bits per heavy atom. The van der Waals surface area contributed by atoms with Crippen LogP contribution in [0, 0.1) is 0 Å². The molecule has 0 bridgehead atoms. The van der Waals surface area contributed by atoms with Crippen molar-refractivity contribution in [3.8, 4) is 5.75 Å². The van der Waals surface area contributed by atoms with E-state index in [0.29, 0.717) is 0 Å². The first kappa shape index (κ1) is 16.3. The highest BCUT2D eigenvalue weighted by Crippen LogP contribution is 2.34. The summed E-state index contributed by atoms with van der Waals surface area (Å²) in [6.45, 7) is 1.77. The molecule has 3 aromatic rings. The Balaban J connectivity index is 1.67. The molecule has 0 spiro atoms. The largest absolute Gasteiger partial charge is 0.496 e. The number of hydrogen-bond acceptors (Lipinski definition) is 3. The van der Waals surface area contributed by atoms with Crippen LogP contribution in [0.2, 0.25) is 0 Å². The quantitative estimate of drug-likeness (QED) is 0.616. The Labute approximate surface area is 143 Å². The molecule has 1 atom stereocenters. The lowest BCUT2D eigenvalue weighted by atomic mass is 9.92. The van der Waals surface area contributed by atoms with Crippen LogP contribution in [-0.2, 0) is 6.54 Å². The first-order valence-electron chi connectivity index (χ1n) is 8.29. The van der Waals surface area contributed by atoms with Crippen molar-refractivity contribution < 1.29 is 9.15 Å². The number of rotatable bonds is 8. The van der Waals surface area contributed by atoms with Crippen molar-refractivity contribution in [2.45, 2.75) is 18.9 Å². The van der Waals surface area contributed by atoms with Crippen LogP contribution in [0.15, 0.2) is 77.4 Å². The Hall–Kier alpha value is -2.52. The zero-order valence-electron chi connectivity index (χ0n) is 13.9. The van der Waals surface area contributed by atoms with Gasteiger partial charge in [-0.25, -0.2) is 0 Å². The number of hydrogen-bond donors (Lipinski definition) is 1. The van der Waals surface area contributed by atoms with Gasteiger partial charge in [0, 0.05) is 18.0 Å². The van der Waals surface area contributed by atoms with Crippen molar-refractivity contribution in [3.63, 3.8) is 0 Å². The van der Waals surface area contributed by atoms with E-state index >= 15 is 0 Å². The molecule has 3 rings (SSSR count). The summed E-state index contributed by atoms with van der Waals surface area (Å²) in [5.74, 6) is 2.06. The fourth-order valence-electron chi connectivity index (χ4n) is 2.97. The van der Waals surface area contributed by atoms with Crippen LogP contribution in [0.4, 0.5) is 0 Å². The molecular formula is C21H23NO2. The molecule has 0 aliphatic rings. The van der Waals surface area contributed by atoms with Crippen molar-refractivity contribution in [2.24, 2.45) is 0 Å². The zero-order chi connectivity index (χ0) is 16.6. The van der Waals surface area contributed by atoms with E-state index in [1.807, 2.05) is 36.4 Å². The third kappa shape index (κ3) is 4.06. The van der Waals surface area contributed by atoms with Crippen molar-refractivity contribution in [3.05, 3.63) is 89.9 Å². The standard InChI is InChI=1S/C21H23NO2/c1-23-20-11-6-5-10-18(20)19(21-12-7-15-24-21)13-14-22-16-17-8-3-2-4-9-17/h2-12,15,19,22H,13-14,16H2,1H3. The van der Waals surface area contributed by atoms with Crippen LogP contribution in [0.1, 0.15) is 29.2 Å². The second-order valence-corrected chi connectivity index (χ2v) is 5.76. The number of methoxy groups -OCH3 is 1. The van der Waals surface area contributed by atoms with Gasteiger partial charge in [0.2, 0.25) is 0 Å². The summed E-state index contributed by atoms with van der Waals surface area (Å²) in [5.41, 5.74) is 2.46. The average molecular weight is 321 g/mol. The predicted molar refractivity (Wildman–Crippen MR) is 96.3 cm³/mol. The van der Waals surface area contributed by atoms with Gasteiger partial charge in [-0.15, -0.1) is 0 Å². The van der Waals surface area contributed by atoms with Gasteiger partial charge >= 0.3 is 0 Å². The summed E-state index contributed by atoms with van der Waals surface area (Å²) >= 11 is 0. The summed E-state index contributed by atoms with van der Waals surface area (Å²) < 4.78 is 11.2. The van der Waals surface area contributed by atoms with Gasteiger partial charge in [-0.05, 0) is 36.7 Å². The fourth-order valence-corrected chi connectivity index (χ4v) is 2.97. The minimum Gasteiger partial charge on any atom is -0.496 e. The van der Waals surface area contributed by atoms with Crippen LogP contribution in [0.25, 0.3) is 0 Å². The van der Waals surface area contributed by atoms with Gasteiger partial charge in [0.25, 0.3) is 0 Å². The molecule has 1 unspecified atom stereocenters. The van der Waals surface area contributed by atoms with Crippen LogP contribution in [0.5, 0.6) is 5.75 Å². The summed E-state index contributed by atoms with van der Waals surface area (Å²) in [4.78, 5) is 0. The van der Waals surface area contributed by atoms with Crippen LogP contribution in [0.3, 0.4) is 0 Å². The number of para-hydroxylation sites is 1. The van der Waals surface area contributed by atoms with E-state index in [1.54, 1.807) is 13.4 Å². The predicted octanol–water partition coefficient (Wildman–Crippen LogP) is 4.60. The summed E-state index contributed by atoms with van der Waals surface area (Å²) in [7, 11) is 1.71. The maximum atomic E-state index is 5.68. The van der Waals surface area contributed by atoms with Crippen molar-refractivity contribution in [1.29, 1.82) is 0 Å². The molecule has 0 aliphatic carbocycles. The number of furan rings is 1. The Morgan fingerprint density at radius 1 is 0.958 bits per heavy atom. The second-order valence-electron chi connectivity index (χ2n) is 5.76. The molecule has 0 fully saturated rings.